The number of nitrogens with one attached hydrogen (secondary N) is 1. The van der Waals surface area contributed by atoms with Crippen LogP contribution in [-0.4, -0.2) is 37.7 Å². The summed E-state index contributed by atoms with van der Waals surface area (Å²) in [5.41, 5.74) is -1.17. The topological polar surface area (TPSA) is 127 Å². The van der Waals surface area contributed by atoms with Gasteiger partial charge in [-0.05, 0) is 12.8 Å². The van der Waals surface area contributed by atoms with Crippen molar-refractivity contribution in [2.24, 2.45) is 16.5 Å². The molecule has 0 saturated heterocycles. The fraction of sp³-hybridized carbons (Fsp3) is 0.800. The van der Waals surface area contributed by atoms with E-state index in [1.165, 1.54) is 6.92 Å². The lowest BCUT2D eigenvalue weighted by Gasteiger charge is -2.28. The van der Waals surface area contributed by atoms with Crippen LogP contribution in [0.3, 0.4) is 0 Å². The molecule has 0 rings (SSSR count). The Hall–Kier alpha value is -1.15. The average molecular weight is 280 g/mol. The van der Waals surface area contributed by atoms with Crippen molar-refractivity contribution in [3.05, 3.63) is 0 Å². The Kier molecular flexibility index (Phi) is 5.75. The molecule has 4 N–H and O–H groups in total. The van der Waals surface area contributed by atoms with Crippen molar-refractivity contribution < 1.29 is 23.1 Å². The van der Waals surface area contributed by atoms with Gasteiger partial charge in [0.1, 0.15) is 0 Å². The molecule has 0 fully saturated rings. The van der Waals surface area contributed by atoms with E-state index in [9.17, 15) is 18.0 Å². The van der Waals surface area contributed by atoms with E-state index in [-0.39, 0.29) is 24.6 Å². The summed E-state index contributed by atoms with van der Waals surface area (Å²) in [7, 11) is -3.63. The molecule has 1 amide bonds. The maximum atomic E-state index is 11.5. The minimum absolute atomic E-state index is 0.120. The van der Waals surface area contributed by atoms with E-state index in [4.69, 9.17) is 10.2 Å². The standard InChI is InChI=1S/C10H20N2O5S/c1-7(2)10(3,9(14)15)6-8(13)12-4-5-18(11,16)17/h7H,4-6H2,1-3H3,(H,12,13)(H,14,15)(H2,11,16,17). The third-order valence-electron chi connectivity index (χ3n) is 3.00. The van der Waals surface area contributed by atoms with Crippen LogP contribution >= 0.6 is 0 Å². The second kappa shape index (κ2) is 6.14. The number of carboxylic acid groups (broad SMARTS) is 1. The summed E-state index contributed by atoms with van der Waals surface area (Å²) in [6.07, 6.45) is -0.204. The molecule has 0 aromatic heterocycles. The molecule has 0 spiro atoms. The molecular weight excluding hydrogens is 260 g/mol. The summed E-state index contributed by atoms with van der Waals surface area (Å²) >= 11 is 0. The molecular formula is C10H20N2O5S. The van der Waals surface area contributed by atoms with E-state index in [1.807, 2.05) is 0 Å². The first-order valence-corrected chi connectivity index (χ1v) is 7.21. The molecule has 0 bridgehead atoms. The van der Waals surface area contributed by atoms with Crippen molar-refractivity contribution in [1.82, 2.24) is 5.32 Å². The normalized spacial score (nSPS) is 15.2. The number of carboxylic acids is 1. The SMILES string of the molecule is CC(C)C(C)(CC(=O)NCCS(N)(=O)=O)C(=O)O. The molecule has 0 aliphatic carbocycles. The number of primary sulfonamides is 1. The lowest BCUT2D eigenvalue weighted by atomic mass is 9.76. The predicted molar refractivity (Wildman–Crippen MR) is 66.2 cm³/mol. The fourth-order valence-corrected chi connectivity index (χ4v) is 1.64. The number of hydrogen-bond donors (Lipinski definition) is 3. The molecule has 0 aromatic carbocycles. The third-order valence-corrected chi connectivity index (χ3v) is 3.77. The Morgan fingerprint density at radius 2 is 1.89 bits per heavy atom. The van der Waals surface area contributed by atoms with Gasteiger partial charge in [0, 0.05) is 13.0 Å². The Morgan fingerprint density at radius 1 is 1.39 bits per heavy atom. The zero-order chi connectivity index (χ0) is 14.6. The molecule has 0 aromatic rings. The molecule has 0 heterocycles. The smallest absolute Gasteiger partial charge is 0.310 e. The number of aliphatic carboxylic acids is 1. The first-order chi connectivity index (χ1) is 7.99. The van der Waals surface area contributed by atoms with Gasteiger partial charge in [0.05, 0.1) is 11.2 Å². The maximum Gasteiger partial charge on any atom is 0.310 e. The molecule has 0 aliphatic rings. The van der Waals surface area contributed by atoms with Crippen molar-refractivity contribution >= 4 is 21.9 Å². The molecule has 7 nitrogen and oxygen atoms in total. The number of sulfonamides is 1. The lowest BCUT2D eigenvalue weighted by Crippen LogP contribution is -2.40. The highest BCUT2D eigenvalue weighted by molar-refractivity contribution is 7.89. The summed E-state index contributed by atoms with van der Waals surface area (Å²) < 4.78 is 21.3. The molecule has 0 saturated carbocycles. The van der Waals surface area contributed by atoms with Crippen LogP contribution in [0.25, 0.3) is 0 Å². The van der Waals surface area contributed by atoms with Gasteiger partial charge in [-0.15, -0.1) is 0 Å². The van der Waals surface area contributed by atoms with E-state index in [0.717, 1.165) is 0 Å². The highest BCUT2D eigenvalue weighted by Gasteiger charge is 2.38. The van der Waals surface area contributed by atoms with Gasteiger partial charge >= 0.3 is 5.97 Å². The van der Waals surface area contributed by atoms with E-state index >= 15 is 0 Å². The predicted octanol–water partition coefficient (Wildman–Crippen LogP) is -0.472. The minimum atomic E-state index is -3.63. The van der Waals surface area contributed by atoms with Crippen LogP contribution in [0.2, 0.25) is 0 Å². The molecule has 106 valence electrons. The summed E-state index contributed by atoms with van der Waals surface area (Å²) in [5.74, 6) is -2.15. The molecule has 18 heavy (non-hydrogen) atoms. The summed E-state index contributed by atoms with van der Waals surface area (Å²) in [5, 5.41) is 16.2. The van der Waals surface area contributed by atoms with Crippen molar-refractivity contribution in [2.75, 3.05) is 12.3 Å². The van der Waals surface area contributed by atoms with Gasteiger partial charge in [-0.3, -0.25) is 9.59 Å². The Morgan fingerprint density at radius 3 is 2.22 bits per heavy atom. The molecule has 8 heteroatoms. The van der Waals surface area contributed by atoms with Crippen LogP contribution in [0.4, 0.5) is 0 Å². The van der Waals surface area contributed by atoms with Crippen LogP contribution in [0.15, 0.2) is 0 Å². The second-order valence-corrected chi connectivity index (χ2v) is 6.51. The van der Waals surface area contributed by atoms with Gasteiger partial charge in [-0.25, -0.2) is 13.6 Å². The van der Waals surface area contributed by atoms with Crippen LogP contribution < -0.4 is 10.5 Å². The highest BCUT2D eigenvalue weighted by atomic mass is 32.2. The number of rotatable bonds is 7. The monoisotopic (exact) mass is 280 g/mol. The molecule has 1 unspecified atom stereocenters. The number of amides is 1. The van der Waals surface area contributed by atoms with Gasteiger partial charge in [0.2, 0.25) is 15.9 Å². The molecule has 0 radical (unpaired) electrons. The Labute approximate surface area is 107 Å². The minimum Gasteiger partial charge on any atom is -0.481 e. The van der Waals surface area contributed by atoms with Gasteiger partial charge in [-0.1, -0.05) is 13.8 Å². The zero-order valence-electron chi connectivity index (χ0n) is 10.8. The number of carbonyl (C=O) groups excluding carboxylic acids is 1. The molecule has 0 aliphatic heterocycles. The third kappa shape index (κ3) is 5.46. The van der Waals surface area contributed by atoms with Gasteiger partial charge in [-0.2, -0.15) is 0 Å². The van der Waals surface area contributed by atoms with Crippen LogP contribution in [0.1, 0.15) is 27.2 Å². The first kappa shape index (κ1) is 16.9. The van der Waals surface area contributed by atoms with Crippen molar-refractivity contribution in [3.63, 3.8) is 0 Å². The molecule has 1 atom stereocenters. The van der Waals surface area contributed by atoms with E-state index in [0.29, 0.717) is 0 Å². The van der Waals surface area contributed by atoms with Crippen LogP contribution in [-0.2, 0) is 19.6 Å². The lowest BCUT2D eigenvalue weighted by molar-refractivity contribution is -0.153. The van der Waals surface area contributed by atoms with Crippen molar-refractivity contribution in [1.29, 1.82) is 0 Å². The van der Waals surface area contributed by atoms with Crippen molar-refractivity contribution in [2.45, 2.75) is 27.2 Å². The van der Waals surface area contributed by atoms with Gasteiger partial charge in [0.15, 0.2) is 0 Å². The van der Waals surface area contributed by atoms with Crippen molar-refractivity contribution in [3.8, 4) is 0 Å². The van der Waals surface area contributed by atoms with Crippen LogP contribution in [0.5, 0.6) is 0 Å². The summed E-state index contributed by atoms with van der Waals surface area (Å²) in [4.78, 5) is 22.7. The zero-order valence-corrected chi connectivity index (χ0v) is 11.6. The van der Waals surface area contributed by atoms with Gasteiger partial charge in [0.25, 0.3) is 0 Å². The van der Waals surface area contributed by atoms with Crippen LogP contribution in [0, 0.1) is 11.3 Å². The Bertz CT molecular complexity index is 418. The average Bonchev–Trinajstić information content (AvgIpc) is 2.14. The largest absolute Gasteiger partial charge is 0.481 e. The Balaban J connectivity index is 4.42. The summed E-state index contributed by atoms with van der Waals surface area (Å²) in [6, 6.07) is 0. The number of hydrogen-bond acceptors (Lipinski definition) is 4. The van der Waals surface area contributed by atoms with Gasteiger partial charge < -0.3 is 10.4 Å². The highest BCUT2D eigenvalue weighted by Crippen LogP contribution is 2.31. The van der Waals surface area contributed by atoms with E-state index in [2.05, 4.69) is 5.32 Å². The number of nitrogens with two attached hydrogens (primary N) is 1. The number of carbonyl (C=O) groups is 2. The fourth-order valence-electron chi connectivity index (χ4n) is 1.26. The maximum absolute atomic E-state index is 11.5. The van der Waals surface area contributed by atoms with E-state index < -0.39 is 27.3 Å². The van der Waals surface area contributed by atoms with E-state index in [1.54, 1.807) is 13.8 Å². The first-order valence-electron chi connectivity index (χ1n) is 5.49. The summed E-state index contributed by atoms with van der Waals surface area (Å²) in [6.45, 7) is 4.79. The quantitative estimate of drug-likeness (QED) is 0.581. The second-order valence-electron chi connectivity index (χ2n) is 4.77.